The summed E-state index contributed by atoms with van der Waals surface area (Å²) in [5, 5.41) is 0.654. The van der Waals surface area contributed by atoms with Crippen molar-refractivity contribution in [2.45, 2.75) is 33.6 Å². The van der Waals surface area contributed by atoms with E-state index in [1.165, 1.54) is 0 Å². The summed E-state index contributed by atoms with van der Waals surface area (Å²) >= 11 is 3.37. The summed E-state index contributed by atoms with van der Waals surface area (Å²) in [4.78, 5) is 11.0. The number of halogens is 1. The number of hydrogen-bond acceptors (Lipinski definition) is 2. The Morgan fingerprint density at radius 2 is 1.83 bits per heavy atom. The monoisotopic (exact) mass is 312 g/mol. The van der Waals surface area contributed by atoms with E-state index in [2.05, 4.69) is 29.8 Å². The average molecular weight is 313 g/mol. The lowest BCUT2D eigenvalue weighted by Gasteiger charge is -2.17. The van der Waals surface area contributed by atoms with Gasteiger partial charge in [-0.15, -0.1) is 0 Å². The van der Waals surface area contributed by atoms with Crippen LogP contribution in [0.5, 0.6) is 5.75 Å². The van der Waals surface area contributed by atoms with Gasteiger partial charge in [0.2, 0.25) is 0 Å². The van der Waals surface area contributed by atoms with Crippen LogP contribution in [0.2, 0.25) is 0 Å². The van der Waals surface area contributed by atoms with Crippen LogP contribution < -0.4 is 4.74 Å². The van der Waals surface area contributed by atoms with E-state index in [1.807, 2.05) is 26.0 Å². The van der Waals surface area contributed by atoms with Crippen molar-refractivity contribution in [3.63, 3.8) is 0 Å². The van der Waals surface area contributed by atoms with Crippen LogP contribution in [0.25, 0.3) is 0 Å². The van der Waals surface area contributed by atoms with Crippen LogP contribution in [-0.4, -0.2) is 18.2 Å². The fourth-order valence-corrected chi connectivity index (χ4v) is 2.41. The fraction of sp³-hybridized carbons (Fsp3) is 0.533. The van der Waals surface area contributed by atoms with Crippen LogP contribution in [0.3, 0.4) is 0 Å². The van der Waals surface area contributed by atoms with Crippen molar-refractivity contribution >= 4 is 22.2 Å². The zero-order valence-electron chi connectivity index (χ0n) is 11.5. The Hall–Kier alpha value is -0.830. The van der Waals surface area contributed by atoms with Gasteiger partial charge in [-0.3, -0.25) is 0 Å². The second-order valence-electron chi connectivity index (χ2n) is 5.09. The molecule has 0 amide bonds. The molecule has 0 aliphatic heterocycles. The zero-order chi connectivity index (χ0) is 13.7. The Bertz CT molecular complexity index is 390. The molecular formula is C15H21BrO2. The Labute approximate surface area is 118 Å². The van der Waals surface area contributed by atoms with Crippen molar-refractivity contribution in [3.05, 3.63) is 28.8 Å². The van der Waals surface area contributed by atoms with Crippen LogP contribution >= 0.6 is 15.9 Å². The minimum absolute atomic E-state index is 0.0819. The summed E-state index contributed by atoms with van der Waals surface area (Å²) in [7, 11) is 0. The molecule has 18 heavy (non-hydrogen) atoms. The molecule has 0 saturated heterocycles. The van der Waals surface area contributed by atoms with Crippen molar-refractivity contribution < 1.29 is 9.53 Å². The van der Waals surface area contributed by atoms with Crippen LogP contribution in [0.1, 0.15) is 36.5 Å². The van der Waals surface area contributed by atoms with Gasteiger partial charge < -0.3 is 9.53 Å². The Balaban J connectivity index is 3.00. The molecule has 0 bridgehead atoms. The van der Waals surface area contributed by atoms with E-state index in [1.54, 1.807) is 0 Å². The molecule has 1 rings (SSSR count). The molecule has 1 aromatic rings. The van der Waals surface area contributed by atoms with Gasteiger partial charge in [0, 0.05) is 11.2 Å². The second kappa shape index (κ2) is 6.93. The van der Waals surface area contributed by atoms with Crippen molar-refractivity contribution in [2.75, 3.05) is 11.9 Å². The number of alkyl halides is 1. The maximum atomic E-state index is 11.0. The van der Waals surface area contributed by atoms with Gasteiger partial charge in [-0.05, 0) is 36.5 Å². The number of aldehydes is 1. The van der Waals surface area contributed by atoms with Gasteiger partial charge in [0.05, 0.1) is 6.61 Å². The van der Waals surface area contributed by atoms with E-state index >= 15 is 0 Å². The number of hydrogen-bond donors (Lipinski definition) is 0. The van der Waals surface area contributed by atoms with Crippen molar-refractivity contribution in [1.82, 2.24) is 0 Å². The lowest BCUT2D eigenvalue weighted by Crippen LogP contribution is -2.08. The van der Waals surface area contributed by atoms with Gasteiger partial charge in [-0.25, -0.2) is 0 Å². The summed E-state index contributed by atoms with van der Waals surface area (Å²) in [6.07, 6.45) is 0.984. The first-order chi connectivity index (χ1) is 8.49. The highest BCUT2D eigenvalue weighted by Crippen LogP contribution is 2.28. The van der Waals surface area contributed by atoms with Gasteiger partial charge >= 0.3 is 0 Å². The summed E-state index contributed by atoms with van der Waals surface area (Å²) in [6, 6.07) is 4.09. The molecular weight excluding hydrogens is 292 g/mol. The number of aryl methyl sites for hydroxylation is 2. The van der Waals surface area contributed by atoms with Gasteiger partial charge in [-0.2, -0.15) is 0 Å². The first-order valence-electron chi connectivity index (χ1n) is 6.24. The first-order valence-corrected chi connectivity index (χ1v) is 7.37. The number of rotatable bonds is 6. The number of carbonyl (C=O) groups is 1. The molecule has 3 heteroatoms. The molecule has 0 N–H and O–H groups in total. The Morgan fingerprint density at radius 3 is 2.22 bits per heavy atom. The average Bonchev–Trinajstić information content (AvgIpc) is 2.29. The van der Waals surface area contributed by atoms with Crippen molar-refractivity contribution in [3.8, 4) is 5.75 Å². The van der Waals surface area contributed by atoms with Gasteiger partial charge in [0.15, 0.2) is 0 Å². The highest BCUT2D eigenvalue weighted by Gasteiger charge is 2.13. The van der Waals surface area contributed by atoms with Crippen molar-refractivity contribution in [1.29, 1.82) is 0 Å². The second-order valence-corrected chi connectivity index (χ2v) is 5.73. The molecule has 0 aromatic heterocycles. The van der Waals surface area contributed by atoms with Gasteiger partial charge in [0.25, 0.3) is 0 Å². The molecule has 1 aromatic carbocycles. The maximum absolute atomic E-state index is 11.0. The fourth-order valence-electron chi connectivity index (χ4n) is 1.88. The summed E-state index contributed by atoms with van der Waals surface area (Å²) in [5.74, 6) is 1.38. The van der Waals surface area contributed by atoms with Crippen LogP contribution in [0.4, 0.5) is 0 Å². The van der Waals surface area contributed by atoms with E-state index in [-0.39, 0.29) is 5.92 Å². The maximum Gasteiger partial charge on any atom is 0.128 e. The predicted octanol–water partition coefficient (Wildman–Crippen LogP) is 4.02. The van der Waals surface area contributed by atoms with Crippen LogP contribution in [0.15, 0.2) is 12.1 Å². The third kappa shape index (κ3) is 3.84. The molecule has 0 saturated carbocycles. The molecule has 1 atom stereocenters. The summed E-state index contributed by atoms with van der Waals surface area (Å²) < 4.78 is 5.83. The zero-order valence-corrected chi connectivity index (χ0v) is 13.1. The third-order valence-electron chi connectivity index (χ3n) is 2.80. The van der Waals surface area contributed by atoms with E-state index in [0.717, 1.165) is 35.3 Å². The third-order valence-corrected chi connectivity index (χ3v) is 3.50. The largest absolute Gasteiger partial charge is 0.493 e. The molecule has 0 radical (unpaired) electrons. The molecule has 0 fully saturated rings. The minimum Gasteiger partial charge on any atom is -0.493 e. The molecule has 1 unspecified atom stereocenters. The topological polar surface area (TPSA) is 26.3 Å². The van der Waals surface area contributed by atoms with E-state index in [0.29, 0.717) is 11.2 Å². The Morgan fingerprint density at radius 1 is 1.28 bits per heavy atom. The summed E-state index contributed by atoms with van der Waals surface area (Å²) in [6.45, 7) is 9.04. The van der Waals surface area contributed by atoms with E-state index in [4.69, 9.17) is 4.74 Å². The number of benzene rings is 1. The Kier molecular flexibility index (Phi) is 5.86. The highest BCUT2D eigenvalue weighted by atomic mass is 79.9. The number of ether oxygens (including phenoxy) is 1. The molecule has 2 nitrogen and oxygen atoms in total. The number of carbonyl (C=O) groups excluding carboxylic acids is 1. The lowest BCUT2D eigenvalue weighted by molar-refractivity contribution is -0.108. The molecule has 0 aliphatic rings. The first kappa shape index (κ1) is 15.2. The standard InChI is InChI=1S/C15H21BrO2/c1-10(2)9-18-15-11(3)5-13(6-12(15)4)14(7-16)8-17/h5-6,8,10,14H,7,9H2,1-4H3. The summed E-state index contributed by atoms with van der Waals surface area (Å²) in [5.41, 5.74) is 3.24. The van der Waals surface area contributed by atoms with Crippen molar-refractivity contribution in [2.24, 2.45) is 5.92 Å². The molecule has 0 spiro atoms. The highest BCUT2D eigenvalue weighted by molar-refractivity contribution is 9.09. The quantitative estimate of drug-likeness (QED) is 0.586. The molecule has 100 valence electrons. The van der Waals surface area contributed by atoms with Gasteiger partial charge in [-0.1, -0.05) is 41.9 Å². The van der Waals surface area contributed by atoms with Crippen LogP contribution in [0, 0.1) is 19.8 Å². The molecule has 0 heterocycles. The SMILES string of the molecule is Cc1cc(C(C=O)CBr)cc(C)c1OCC(C)C. The van der Waals surface area contributed by atoms with Gasteiger partial charge in [0.1, 0.15) is 12.0 Å². The van der Waals surface area contributed by atoms with E-state index < -0.39 is 0 Å². The lowest BCUT2D eigenvalue weighted by atomic mass is 9.97. The smallest absolute Gasteiger partial charge is 0.128 e. The van der Waals surface area contributed by atoms with Crippen LogP contribution in [-0.2, 0) is 4.79 Å². The minimum atomic E-state index is -0.0819. The van der Waals surface area contributed by atoms with E-state index in [9.17, 15) is 4.79 Å². The predicted molar refractivity (Wildman–Crippen MR) is 78.8 cm³/mol. The molecule has 0 aliphatic carbocycles. The normalized spacial score (nSPS) is 12.6.